The van der Waals surface area contributed by atoms with Crippen molar-refractivity contribution in [2.75, 3.05) is 0 Å². The average Bonchev–Trinajstić information content (AvgIpc) is 3.30. The first-order valence-corrected chi connectivity index (χ1v) is 10.5. The molecule has 0 saturated heterocycles. The standard InChI is InChI=1S/C26H21N5O2/c1-30-23-10-6-5-9-21(23)22(15-24(30)32)26(33)28-16-19-17-31(20-7-3-2-4-8-20)29-25(19)18-11-13-27-14-12-18/h2-15,17H,16H2,1H3,(H,28,33). The van der Waals surface area contributed by atoms with Crippen LogP contribution in [0.1, 0.15) is 15.9 Å². The third-order valence-corrected chi connectivity index (χ3v) is 5.60. The zero-order valence-electron chi connectivity index (χ0n) is 18.0. The summed E-state index contributed by atoms with van der Waals surface area (Å²) in [6.07, 6.45) is 5.34. The smallest absolute Gasteiger partial charge is 0.252 e. The van der Waals surface area contributed by atoms with Gasteiger partial charge in [0.1, 0.15) is 0 Å². The largest absolute Gasteiger partial charge is 0.348 e. The Balaban J connectivity index is 1.49. The maximum Gasteiger partial charge on any atom is 0.252 e. The predicted molar refractivity (Wildman–Crippen MR) is 127 cm³/mol. The Labute approximate surface area is 190 Å². The summed E-state index contributed by atoms with van der Waals surface area (Å²) in [4.78, 5) is 29.6. The number of nitrogens with zero attached hydrogens (tertiary/aromatic N) is 4. The SMILES string of the molecule is Cn1c(=O)cc(C(=O)NCc2cn(-c3ccccc3)nc2-c2ccncc2)c2ccccc21. The van der Waals surface area contributed by atoms with Crippen LogP contribution in [-0.2, 0) is 13.6 Å². The van der Waals surface area contributed by atoms with E-state index in [2.05, 4.69) is 10.3 Å². The number of aromatic nitrogens is 4. The highest BCUT2D eigenvalue weighted by Crippen LogP contribution is 2.23. The zero-order valence-corrected chi connectivity index (χ0v) is 18.0. The topological polar surface area (TPSA) is 81.8 Å². The van der Waals surface area contributed by atoms with Crippen molar-refractivity contribution in [3.8, 4) is 16.9 Å². The molecular weight excluding hydrogens is 414 g/mol. The highest BCUT2D eigenvalue weighted by Gasteiger charge is 2.16. The summed E-state index contributed by atoms with van der Waals surface area (Å²) in [6, 6.07) is 22.3. The number of fused-ring (bicyclic) bond motifs is 1. The highest BCUT2D eigenvalue weighted by molar-refractivity contribution is 6.06. The first kappa shape index (κ1) is 20.4. The second-order valence-electron chi connectivity index (χ2n) is 7.67. The fourth-order valence-corrected chi connectivity index (χ4v) is 3.87. The van der Waals surface area contributed by atoms with E-state index < -0.39 is 0 Å². The van der Waals surface area contributed by atoms with Gasteiger partial charge < -0.3 is 9.88 Å². The van der Waals surface area contributed by atoms with E-state index in [1.807, 2.05) is 72.9 Å². The molecule has 1 amide bonds. The van der Waals surface area contributed by atoms with Gasteiger partial charge >= 0.3 is 0 Å². The van der Waals surface area contributed by atoms with Gasteiger partial charge in [-0.25, -0.2) is 4.68 Å². The third-order valence-electron chi connectivity index (χ3n) is 5.60. The molecule has 162 valence electrons. The molecule has 0 aliphatic carbocycles. The lowest BCUT2D eigenvalue weighted by atomic mass is 10.1. The summed E-state index contributed by atoms with van der Waals surface area (Å²) in [6.45, 7) is 0.257. The van der Waals surface area contributed by atoms with E-state index in [0.29, 0.717) is 11.1 Å². The molecule has 33 heavy (non-hydrogen) atoms. The van der Waals surface area contributed by atoms with Gasteiger partial charge in [0.2, 0.25) is 0 Å². The number of amides is 1. The monoisotopic (exact) mass is 435 g/mol. The molecule has 7 heteroatoms. The van der Waals surface area contributed by atoms with Crippen molar-refractivity contribution < 1.29 is 4.79 Å². The number of carbonyl (C=O) groups excluding carboxylic acids is 1. The number of pyridine rings is 2. The molecule has 7 nitrogen and oxygen atoms in total. The summed E-state index contributed by atoms with van der Waals surface area (Å²) in [7, 11) is 1.70. The minimum atomic E-state index is -0.308. The molecule has 0 bridgehead atoms. The number of para-hydroxylation sites is 2. The number of rotatable bonds is 5. The van der Waals surface area contributed by atoms with E-state index in [1.165, 1.54) is 10.6 Å². The molecular formula is C26H21N5O2. The molecule has 0 atom stereocenters. The molecule has 5 rings (SSSR count). The minimum Gasteiger partial charge on any atom is -0.348 e. The van der Waals surface area contributed by atoms with E-state index >= 15 is 0 Å². The molecule has 5 aromatic rings. The maximum atomic E-state index is 13.1. The van der Waals surface area contributed by atoms with Gasteiger partial charge in [-0.05, 0) is 30.3 Å². The van der Waals surface area contributed by atoms with Crippen molar-refractivity contribution >= 4 is 16.8 Å². The van der Waals surface area contributed by atoms with Gasteiger partial charge in [-0.2, -0.15) is 5.10 Å². The van der Waals surface area contributed by atoms with Crippen LogP contribution in [0.3, 0.4) is 0 Å². The van der Waals surface area contributed by atoms with E-state index in [4.69, 9.17) is 5.10 Å². The fraction of sp³-hybridized carbons (Fsp3) is 0.0769. The lowest BCUT2D eigenvalue weighted by molar-refractivity contribution is 0.0952. The molecule has 0 radical (unpaired) electrons. The maximum absolute atomic E-state index is 13.1. The van der Waals surface area contributed by atoms with Gasteiger partial charge in [-0.1, -0.05) is 36.4 Å². The Morgan fingerprint density at radius 2 is 1.70 bits per heavy atom. The van der Waals surface area contributed by atoms with Crippen molar-refractivity contribution in [2.45, 2.75) is 6.54 Å². The van der Waals surface area contributed by atoms with E-state index in [0.717, 1.165) is 27.9 Å². The second kappa shape index (κ2) is 8.55. The number of carbonyl (C=O) groups is 1. The Bertz CT molecular complexity index is 1500. The van der Waals surface area contributed by atoms with E-state index in [9.17, 15) is 9.59 Å². The van der Waals surface area contributed by atoms with Crippen molar-refractivity contribution in [1.82, 2.24) is 24.6 Å². The summed E-state index contributed by atoms with van der Waals surface area (Å²) in [5.41, 5.74) is 4.28. The Hall–Kier alpha value is -4.52. The summed E-state index contributed by atoms with van der Waals surface area (Å²) in [5, 5.41) is 8.46. The number of benzene rings is 2. The lowest BCUT2D eigenvalue weighted by Gasteiger charge is -2.10. The Morgan fingerprint density at radius 3 is 2.48 bits per heavy atom. The summed E-state index contributed by atoms with van der Waals surface area (Å²) < 4.78 is 3.34. The first-order chi connectivity index (χ1) is 16.1. The normalized spacial score (nSPS) is 10.9. The molecule has 2 aromatic carbocycles. The molecule has 0 unspecified atom stereocenters. The quantitative estimate of drug-likeness (QED) is 0.456. The molecule has 0 aliphatic heterocycles. The van der Waals surface area contributed by atoms with Gasteiger partial charge in [-0.15, -0.1) is 0 Å². The van der Waals surface area contributed by atoms with Crippen LogP contribution in [0.2, 0.25) is 0 Å². The second-order valence-corrected chi connectivity index (χ2v) is 7.67. The molecule has 3 heterocycles. The van der Waals surface area contributed by atoms with Gasteiger partial charge in [0.25, 0.3) is 11.5 Å². The Kier molecular flexibility index (Phi) is 5.28. The van der Waals surface area contributed by atoms with Crippen LogP contribution in [0.15, 0.2) is 96.2 Å². The fourth-order valence-electron chi connectivity index (χ4n) is 3.87. The van der Waals surface area contributed by atoms with Gasteiger partial charge in [0, 0.05) is 54.8 Å². The van der Waals surface area contributed by atoms with Crippen molar-refractivity contribution in [3.05, 3.63) is 113 Å². The first-order valence-electron chi connectivity index (χ1n) is 10.5. The van der Waals surface area contributed by atoms with Crippen LogP contribution in [0, 0.1) is 0 Å². The Morgan fingerprint density at radius 1 is 0.970 bits per heavy atom. The lowest BCUT2D eigenvalue weighted by Crippen LogP contribution is -2.26. The molecule has 0 saturated carbocycles. The van der Waals surface area contributed by atoms with Gasteiger partial charge in [0.15, 0.2) is 0 Å². The average molecular weight is 435 g/mol. The third kappa shape index (κ3) is 3.92. The number of hydrogen-bond acceptors (Lipinski definition) is 4. The van der Waals surface area contributed by atoms with Crippen LogP contribution in [0.5, 0.6) is 0 Å². The summed E-state index contributed by atoms with van der Waals surface area (Å²) >= 11 is 0. The van der Waals surface area contributed by atoms with Crippen LogP contribution in [0.25, 0.3) is 27.8 Å². The van der Waals surface area contributed by atoms with Gasteiger partial charge in [0.05, 0.1) is 22.5 Å². The van der Waals surface area contributed by atoms with Crippen LogP contribution in [0.4, 0.5) is 0 Å². The molecule has 0 fully saturated rings. The summed E-state index contributed by atoms with van der Waals surface area (Å²) in [5.74, 6) is -0.308. The van der Waals surface area contributed by atoms with Crippen molar-refractivity contribution in [1.29, 1.82) is 0 Å². The number of nitrogens with one attached hydrogen (secondary N) is 1. The van der Waals surface area contributed by atoms with Crippen LogP contribution in [-0.4, -0.2) is 25.2 Å². The molecule has 3 aromatic heterocycles. The van der Waals surface area contributed by atoms with Crippen LogP contribution >= 0.6 is 0 Å². The predicted octanol–water partition coefficient (Wildman–Crippen LogP) is 3.72. The van der Waals surface area contributed by atoms with Crippen molar-refractivity contribution in [3.63, 3.8) is 0 Å². The highest BCUT2D eigenvalue weighted by atomic mass is 16.2. The number of aryl methyl sites for hydroxylation is 1. The zero-order chi connectivity index (χ0) is 22.8. The van der Waals surface area contributed by atoms with E-state index in [1.54, 1.807) is 24.1 Å². The van der Waals surface area contributed by atoms with Crippen molar-refractivity contribution in [2.24, 2.45) is 7.05 Å². The van der Waals surface area contributed by atoms with E-state index in [-0.39, 0.29) is 18.0 Å². The number of hydrogen-bond donors (Lipinski definition) is 1. The molecule has 0 aliphatic rings. The molecule has 0 spiro atoms. The minimum absolute atomic E-state index is 0.228. The van der Waals surface area contributed by atoms with Gasteiger partial charge in [-0.3, -0.25) is 14.6 Å². The van der Waals surface area contributed by atoms with Crippen LogP contribution < -0.4 is 10.9 Å². The molecule has 1 N–H and O–H groups in total.